The minimum Gasteiger partial charge on any atom is -0.349 e. The van der Waals surface area contributed by atoms with Crippen molar-refractivity contribution in [2.75, 3.05) is 26.2 Å². The van der Waals surface area contributed by atoms with Crippen molar-refractivity contribution in [3.63, 3.8) is 0 Å². The van der Waals surface area contributed by atoms with Crippen molar-refractivity contribution in [2.45, 2.75) is 52.0 Å². The highest BCUT2D eigenvalue weighted by Gasteiger charge is 2.24. The van der Waals surface area contributed by atoms with Crippen LogP contribution in [0.3, 0.4) is 0 Å². The van der Waals surface area contributed by atoms with Crippen molar-refractivity contribution in [1.29, 1.82) is 0 Å². The van der Waals surface area contributed by atoms with Crippen molar-refractivity contribution in [3.05, 3.63) is 41.2 Å². The third-order valence-corrected chi connectivity index (χ3v) is 5.80. The Labute approximate surface area is 161 Å². The molecule has 144 valence electrons. The van der Waals surface area contributed by atoms with Crippen molar-refractivity contribution in [1.82, 2.24) is 19.8 Å². The van der Waals surface area contributed by atoms with Crippen LogP contribution >= 0.6 is 0 Å². The van der Waals surface area contributed by atoms with Crippen LogP contribution in [0, 0.1) is 6.92 Å². The van der Waals surface area contributed by atoms with Gasteiger partial charge in [0, 0.05) is 25.2 Å². The quantitative estimate of drug-likeness (QED) is 0.882. The second-order valence-electron chi connectivity index (χ2n) is 7.86. The van der Waals surface area contributed by atoms with Gasteiger partial charge in [0.25, 0.3) is 5.91 Å². The third kappa shape index (κ3) is 4.08. The van der Waals surface area contributed by atoms with Gasteiger partial charge in [-0.25, -0.2) is 4.98 Å². The van der Waals surface area contributed by atoms with Gasteiger partial charge in [-0.05, 0) is 52.1 Å². The van der Waals surface area contributed by atoms with Gasteiger partial charge in [0.2, 0.25) is 0 Å². The Hall–Kier alpha value is -2.14. The minimum atomic E-state index is -0.0155. The van der Waals surface area contributed by atoms with Gasteiger partial charge in [-0.2, -0.15) is 0 Å². The van der Waals surface area contributed by atoms with E-state index in [2.05, 4.69) is 46.0 Å². The van der Waals surface area contributed by atoms with E-state index in [0.717, 1.165) is 62.5 Å². The number of fused-ring (bicyclic) bond motifs is 1. The smallest absolute Gasteiger partial charge is 0.271 e. The molecule has 2 aliphatic heterocycles. The molecular formula is C22H30N4O. The molecule has 0 saturated carbocycles. The van der Waals surface area contributed by atoms with Crippen LogP contribution in [0.4, 0.5) is 0 Å². The van der Waals surface area contributed by atoms with E-state index < -0.39 is 0 Å². The molecule has 1 fully saturated rings. The molecule has 2 aliphatic rings. The lowest BCUT2D eigenvalue weighted by atomic mass is 10.1. The van der Waals surface area contributed by atoms with Gasteiger partial charge in [0.1, 0.15) is 11.5 Å². The molecule has 1 aromatic heterocycles. The molecule has 0 bridgehead atoms. The lowest BCUT2D eigenvalue weighted by Gasteiger charge is -2.14. The molecule has 5 nitrogen and oxygen atoms in total. The normalized spacial score (nSPS) is 17.5. The number of hydrogen-bond acceptors (Lipinski definition) is 3. The standard InChI is InChI=1S/C22H30N4O/c1-17-8-10-18(11-9-17)21-24-20(19-7-3-2-4-15-26(19)21)22(27)23-12-16-25-13-5-6-14-25/h8-11H,2-7,12-16H2,1H3,(H,23,27). The van der Waals surface area contributed by atoms with E-state index in [9.17, 15) is 4.79 Å². The maximum atomic E-state index is 12.9. The van der Waals surface area contributed by atoms with Crippen molar-refractivity contribution >= 4 is 5.91 Å². The summed E-state index contributed by atoms with van der Waals surface area (Å²) in [5.74, 6) is 0.926. The van der Waals surface area contributed by atoms with Crippen LogP contribution < -0.4 is 5.32 Å². The first-order chi connectivity index (χ1) is 13.2. The number of benzene rings is 1. The lowest BCUT2D eigenvalue weighted by Crippen LogP contribution is -2.34. The van der Waals surface area contributed by atoms with Crippen LogP contribution in [0.2, 0.25) is 0 Å². The zero-order valence-electron chi connectivity index (χ0n) is 16.3. The fraction of sp³-hybridized carbons (Fsp3) is 0.545. The predicted octanol–water partition coefficient (Wildman–Crippen LogP) is 3.41. The molecule has 5 heteroatoms. The molecule has 4 rings (SSSR count). The highest BCUT2D eigenvalue weighted by molar-refractivity contribution is 5.94. The molecular weight excluding hydrogens is 336 g/mol. The fourth-order valence-corrected chi connectivity index (χ4v) is 4.24. The number of likely N-dealkylation sites (tertiary alicyclic amines) is 1. The van der Waals surface area contributed by atoms with E-state index in [1.807, 2.05) is 0 Å². The molecule has 0 radical (unpaired) electrons. The second-order valence-corrected chi connectivity index (χ2v) is 7.86. The molecule has 2 aromatic rings. The summed E-state index contributed by atoms with van der Waals surface area (Å²) < 4.78 is 2.28. The van der Waals surface area contributed by atoms with Crippen molar-refractivity contribution in [3.8, 4) is 11.4 Å². The number of rotatable bonds is 5. The van der Waals surface area contributed by atoms with Gasteiger partial charge >= 0.3 is 0 Å². The van der Waals surface area contributed by atoms with E-state index in [-0.39, 0.29) is 5.91 Å². The summed E-state index contributed by atoms with van der Waals surface area (Å²) in [7, 11) is 0. The first kappa shape index (κ1) is 18.2. The van der Waals surface area contributed by atoms with Gasteiger partial charge in [-0.15, -0.1) is 0 Å². The first-order valence-corrected chi connectivity index (χ1v) is 10.4. The lowest BCUT2D eigenvalue weighted by molar-refractivity contribution is 0.0944. The molecule has 0 aliphatic carbocycles. The molecule has 1 saturated heterocycles. The Morgan fingerprint density at radius 1 is 1.04 bits per heavy atom. The van der Waals surface area contributed by atoms with Crippen molar-refractivity contribution < 1.29 is 4.79 Å². The Morgan fingerprint density at radius 3 is 2.56 bits per heavy atom. The summed E-state index contributed by atoms with van der Waals surface area (Å²) in [6.07, 6.45) is 6.99. The van der Waals surface area contributed by atoms with Crippen LogP contribution in [-0.2, 0) is 13.0 Å². The van der Waals surface area contributed by atoms with Crippen LogP contribution in [-0.4, -0.2) is 46.5 Å². The Balaban J connectivity index is 1.56. The number of imidazole rings is 1. The van der Waals surface area contributed by atoms with Crippen molar-refractivity contribution in [2.24, 2.45) is 0 Å². The average molecular weight is 367 g/mol. The zero-order valence-corrected chi connectivity index (χ0v) is 16.3. The summed E-state index contributed by atoms with van der Waals surface area (Å²) in [6, 6.07) is 8.46. The average Bonchev–Trinajstić information content (AvgIpc) is 3.24. The van der Waals surface area contributed by atoms with E-state index in [1.54, 1.807) is 0 Å². The molecule has 27 heavy (non-hydrogen) atoms. The Bertz CT molecular complexity index is 787. The molecule has 1 amide bonds. The first-order valence-electron chi connectivity index (χ1n) is 10.4. The number of carbonyl (C=O) groups is 1. The molecule has 0 atom stereocenters. The monoisotopic (exact) mass is 366 g/mol. The van der Waals surface area contributed by atoms with Gasteiger partial charge in [-0.1, -0.05) is 36.2 Å². The highest BCUT2D eigenvalue weighted by atomic mass is 16.1. The number of nitrogens with one attached hydrogen (secondary N) is 1. The maximum Gasteiger partial charge on any atom is 0.271 e. The number of aromatic nitrogens is 2. The number of amides is 1. The minimum absolute atomic E-state index is 0.0155. The fourth-order valence-electron chi connectivity index (χ4n) is 4.24. The molecule has 1 N–H and O–H groups in total. The summed E-state index contributed by atoms with van der Waals surface area (Å²) in [4.78, 5) is 20.1. The van der Waals surface area contributed by atoms with Gasteiger partial charge in [-0.3, -0.25) is 4.79 Å². The SMILES string of the molecule is Cc1ccc(-c2nc(C(=O)NCCN3CCCC3)c3n2CCCCC3)cc1. The van der Waals surface area contributed by atoms with E-state index >= 15 is 0 Å². The van der Waals surface area contributed by atoms with Crippen LogP contribution in [0.15, 0.2) is 24.3 Å². The maximum absolute atomic E-state index is 12.9. The van der Waals surface area contributed by atoms with Crippen LogP contribution in [0.1, 0.15) is 53.8 Å². The van der Waals surface area contributed by atoms with E-state index in [4.69, 9.17) is 4.98 Å². The molecule has 0 unspecified atom stereocenters. The number of nitrogens with zero attached hydrogens (tertiary/aromatic N) is 3. The van der Waals surface area contributed by atoms with Gasteiger partial charge in [0.15, 0.2) is 0 Å². The van der Waals surface area contributed by atoms with Crippen LogP contribution in [0.5, 0.6) is 0 Å². The van der Waals surface area contributed by atoms with E-state index in [0.29, 0.717) is 12.2 Å². The largest absolute Gasteiger partial charge is 0.349 e. The third-order valence-electron chi connectivity index (χ3n) is 5.80. The highest BCUT2D eigenvalue weighted by Crippen LogP contribution is 2.27. The second kappa shape index (κ2) is 8.26. The summed E-state index contributed by atoms with van der Waals surface area (Å²) in [6.45, 7) is 7.00. The predicted molar refractivity (Wildman–Crippen MR) is 108 cm³/mol. The number of aryl methyl sites for hydroxylation is 1. The zero-order chi connectivity index (χ0) is 18.6. The summed E-state index contributed by atoms with van der Waals surface area (Å²) in [5, 5.41) is 3.11. The van der Waals surface area contributed by atoms with Gasteiger partial charge in [0.05, 0.1) is 5.69 Å². The molecule has 1 aromatic carbocycles. The topological polar surface area (TPSA) is 50.2 Å². The Kier molecular flexibility index (Phi) is 5.58. The Morgan fingerprint density at radius 2 is 1.78 bits per heavy atom. The van der Waals surface area contributed by atoms with E-state index in [1.165, 1.54) is 24.8 Å². The van der Waals surface area contributed by atoms with Gasteiger partial charge < -0.3 is 14.8 Å². The summed E-state index contributed by atoms with van der Waals surface area (Å²) in [5.41, 5.74) is 4.08. The molecule has 0 spiro atoms. The van der Waals surface area contributed by atoms with Crippen LogP contribution in [0.25, 0.3) is 11.4 Å². The molecule has 3 heterocycles. The number of hydrogen-bond donors (Lipinski definition) is 1. The summed E-state index contributed by atoms with van der Waals surface area (Å²) >= 11 is 0. The number of carbonyl (C=O) groups excluding carboxylic acids is 1.